The molecule has 0 spiro atoms. The molecule has 1 atom stereocenters. The van der Waals surface area contributed by atoms with Gasteiger partial charge in [-0.05, 0) is 61.7 Å². The van der Waals surface area contributed by atoms with Gasteiger partial charge in [0.15, 0.2) is 0 Å². The number of benzene rings is 2. The first-order valence-corrected chi connectivity index (χ1v) is 14.6. The van der Waals surface area contributed by atoms with E-state index in [4.69, 9.17) is 25.8 Å². The van der Waals surface area contributed by atoms with Gasteiger partial charge in [-0.2, -0.15) is 0 Å². The minimum Gasteiger partial charge on any atom is -0.550 e. The van der Waals surface area contributed by atoms with E-state index in [-0.39, 0.29) is 48.3 Å². The van der Waals surface area contributed by atoms with Gasteiger partial charge in [0.2, 0.25) is 5.88 Å². The van der Waals surface area contributed by atoms with Gasteiger partial charge in [-0.15, -0.1) is 0 Å². The molecule has 0 N–H and O–H groups in total. The van der Waals surface area contributed by atoms with Crippen LogP contribution >= 0.6 is 11.6 Å². The molecule has 0 unspecified atom stereocenters. The number of rotatable bonds is 14. The number of hydrogen-bond donors (Lipinski definition) is 0. The minimum absolute atomic E-state index is 0. The Hall–Kier alpha value is -2.14. The minimum atomic E-state index is -3.02. The number of hydrogen-bond acceptors (Lipinski definition) is 8. The van der Waals surface area contributed by atoms with Crippen molar-refractivity contribution in [2.75, 3.05) is 25.2 Å². The van der Waals surface area contributed by atoms with E-state index in [0.29, 0.717) is 36.3 Å². The third kappa shape index (κ3) is 10.7. The summed E-state index contributed by atoms with van der Waals surface area (Å²) in [6, 6.07) is 16.4. The molecule has 3 aromatic rings. The number of sulfone groups is 1. The molecule has 8 nitrogen and oxygen atoms in total. The number of carbonyl (C=O) groups is 1. The number of halogens is 1. The van der Waals surface area contributed by atoms with Gasteiger partial charge in [-0.3, -0.25) is 0 Å². The summed E-state index contributed by atoms with van der Waals surface area (Å²) >= 11 is 6.50. The molecule has 0 aliphatic carbocycles. The van der Waals surface area contributed by atoms with Crippen LogP contribution in [0.15, 0.2) is 54.6 Å². The van der Waals surface area contributed by atoms with Crippen LogP contribution in [0.3, 0.4) is 0 Å². The normalized spacial score (nSPS) is 11.9. The maximum atomic E-state index is 11.3. The summed E-state index contributed by atoms with van der Waals surface area (Å²) in [5, 5.41) is 11.6. The standard InChI is InChI=1S/C28H32ClNO7S.Na/c1-4-35-26(17-28(31)32)21-7-9-22(10-8-21)37-18-20-6-12-25(29)24(16-20)23-11-13-27(30-19(23)2)36-14-5-15-38(3,33)34;/h6-13,16,26H,4-5,14-15,17-18H2,1-3H3,(H,31,32);/q;+1/p-1/t26-;/m0./s1. The van der Waals surface area contributed by atoms with Crippen LogP contribution in [0, 0.1) is 6.92 Å². The summed E-state index contributed by atoms with van der Waals surface area (Å²) in [4.78, 5) is 15.5. The van der Waals surface area contributed by atoms with Gasteiger partial charge in [0.1, 0.15) is 22.2 Å². The third-order valence-electron chi connectivity index (χ3n) is 5.67. The maximum Gasteiger partial charge on any atom is 1.00 e. The van der Waals surface area contributed by atoms with Crippen LogP contribution in [-0.4, -0.2) is 44.6 Å². The zero-order valence-electron chi connectivity index (χ0n) is 22.6. The van der Waals surface area contributed by atoms with Crippen molar-refractivity contribution in [1.82, 2.24) is 4.98 Å². The molecule has 0 saturated carbocycles. The van der Waals surface area contributed by atoms with Crippen LogP contribution in [-0.2, 0) is 26.0 Å². The van der Waals surface area contributed by atoms with E-state index in [1.807, 2.05) is 32.0 Å². The molecule has 1 aromatic heterocycles. The van der Waals surface area contributed by atoms with Crippen molar-refractivity contribution < 1.29 is 62.1 Å². The number of aryl methyl sites for hydroxylation is 1. The van der Waals surface area contributed by atoms with Gasteiger partial charge in [0.25, 0.3) is 0 Å². The number of carbonyl (C=O) groups excluding carboxylic acids is 1. The van der Waals surface area contributed by atoms with Crippen LogP contribution in [0.4, 0.5) is 0 Å². The fourth-order valence-electron chi connectivity index (χ4n) is 3.84. The summed E-state index contributed by atoms with van der Waals surface area (Å²) in [7, 11) is -3.02. The Kier molecular flexibility index (Phi) is 13.2. The first-order valence-electron chi connectivity index (χ1n) is 12.2. The fraction of sp³-hybridized carbons (Fsp3) is 0.357. The number of nitrogens with zero attached hydrogens (tertiary/aromatic N) is 1. The second-order valence-electron chi connectivity index (χ2n) is 8.81. The van der Waals surface area contributed by atoms with Crippen molar-refractivity contribution in [3.05, 3.63) is 76.4 Å². The topological polar surface area (TPSA) is 115 Å². The summed E-state index contributed by atoms with van der Waals surface area (Å²) in [6.45, 7) is 4.62. The maximum absolute atomic E-state index is 11.3. The molecule has 204 valence electrons. The number of aliphatic carboxylic acids is 1. The Morgan fingerprint density at radius 2 is 1.77 bits per heavy atom. The fourth-order valence-corrected chi connectivity index (χ4v) is 4.70. The van der Waals surface area contributed by atoms with Crippen LogP contribution in [0.5, 0.6) is 11.6 Å². The monoisotopic (exact) mass is 583 g/mol. The molecule has 39 heavy (non-hydrogen) atoms. The number of carboxylic acids is 1. The van der Waals surface area contributed by atoms with E-state index in [0.717, 1.165) is 27.9 Å². The van der Waals surface area contributed by atoms with E-state index in [1.54, 1.807) is 36.4 Å². The Balaban J connectivity index is 0.00000533. The average molecular weight is 584 g/mol. The molecule has 1 heterocycles. The Morgan fingerprint density at radius 1 is 1.05 bits per heavy atom. The molecule has 11 heteroatoms. The van der Waals surface area contributed by atoms with Gasteiger partial charge < -0.3 is 24.1 Å². The van der Waals surface area contributed by atoms with Gasteiger partial charge in [-0.1, -0.05) is 29.8 Å². The smallest absolute Gasteiger partial charge is 0.550 e. The summed E-state index contributed by atoms with van der Waals surface area (Å²) in [6.07, 6.45) is 0.806. The zero-order chi connectivity index (χ0) is 27.7. The van der Waals surface area contributed by atoms with Crippen molar-refractivity contribution in [3.8, 4) is 22.8 Å². The molecule has 3 rings (SSSR count). The summed E-state index contributed by atoms with van der Waals surface area (Å²) in [5.74, 6) is -0.0526. The van der Waals surface area contributed by atoms with Gasteiger partial charge >= 0.3 is 29.6 Å². The van der Waals surface area contributed by atoms with E-state index in [9.17, 15) is 18.3 Å². The van der Waals surface area contributed by atoms with Crippen LogP contribution in [0.2, 0.25) is 5.02 Å². The van der Waals surface area contributed by atoms with E-state index >= 15 is 0 Å². The van der Waals surface area contributed by atoms with E-state index in [1.165, 1.54) is 6.26 Å². The predicted octanol–water partition coefficient (Wildman–Crippen LogP) is 1.32. The Morgan fingerprint density at radius 3 is 2.38 bits per heavy atom. The van der Waals surface area contributed by atoms with E-state index < -0.39 is 21.9 Å². The molecule has 0 aliphatic heterocycles. The van der Waals surface area contributed by atoms with Crippen LogP contribution in [0.25, 0.3) is 11.1 Å². The molecule has 0 aliphatic rings. The second-order valence-corrected chi connectivity index (χ2v) is 11.5. The molecular weight excluding hydrogens is 553 g/mol. The molecule has 2 aromatic carbocycles. The van der Waals surface area contributed by atoms with Gasteiger partial charge in [-0.25, -0.2) is 13.4 Å². The summed E-state index contributed by atoms with van der Waals surface area (Å²) in [5.41, 5.74) is 4.01. The molecule has 0 amide bonds. The number of ether oxygens (including phenoxy) is 3. The third-order valence-corrected chi connectivity index (χ3v) is 7.03. The van der Waals surface area contributed by atoms with Crippen molar-refractivity contribution in [1.29, 1.82) is 0 Å². The van der Waals surface area contributed by atoms with Crippen molar-refractivity contribution in [2.24, 2.45) is 0 Å². The number of pyridine rings is 1. The van der Waals surface area contributed by atoms with Crippen molar-refractivity contribution in [3.63, 3.8) is 0 Å². The zero-order valence-corrected chi connectivity index (χ0v) is 26.2. The summed E-state index contributed by atoms with van der Waals surface area (Å²) < 4.78 is 39.6. The SMILES string of the molecule is CCO[C@@H](CC(=O)[O-])c1ccc(OCc2ccc(Cl)c(-c3ccc(OCCCS(C)(=O)=O)nc3C)c2)cc1.[Na+]. The predicted molar refractivity (Wildman–Crippen MR) is 144 cm³/mol. The first-order chi connectivity index (χ1) is 18.1. The molecule has 0 fully saturated rings. The number of aromatic nitrogens is 1. The number of carboxylic acid groups (broad SMARTS) is 1. The quantitative estimate of drug-likeness (QED) is 0.206. The Labute approximate surface area is 256 Å². The first kappa shape index (κ1) is 33.1. The van der Waals surface area contributed by atoms with Crippen LogP contribution in [0.1, 0.15) is 42.7 Å². The van der Waals surface area contributed by atoms with Gasteiger partial charge in [0, 0.05) is 53.2 Å². The van der Waals surface area contributed by atoms with Crippen molar-refractivity contribution in [2.45, 2.75) is 39.4 Å². The molecule has 0 saturated heterocycles. The molecule has 0 bridgehead atoms. The Bertz CT molecular complexity index is 1350. The molecular formula is C28H31ClNNaO7S. The van der Waals surface area contributed by atoms with Gasteiger partial charge in [0.05, 0.1) is 18.5 Å². The average Bonchev–Trinajstić information content (AvgIpc) is 2.86. The van der Waals surface area contributed by atoms with Crippen molar-refractivity contribution >= 4 is 27.4 Å². The van der Waals surface area contributed by atoms with E-state index in [2.05, 4.69) is 4.98 Å². The van der Waals surface area contributed by atoms with Crippen LogP contribution < -0.4 is 44.1 Å². The second kappa shape index (κ2) is 15.6. The largest absolute Gasteiger partial charge is 1.00 e. The molecule has 0 radical (unpaired) electrons.